The lowest BCUT2D eigenvalue weighted by atomic mass is 10.1. The molecule has 19 heavy (non-hydrogen) atoms. The maximum absolute atomic E-state index is 12.0. The minimum atomic E-state index is -0.500. The van der Waals surface area contributed by atoms with Crippen LogP contribution in [-0.4, -0.2) is 31.8 Å². The van der Waals surface area contributed by atoms with Gasteiger partial charge in [-0.2, -0.15) is 0 Å². The molecule has 1 amide bonds. The number of carbonyl (C=O) groups is 1. The number of nitrogens with two attached hydrogens (primary N) is 1. The van der Waals surface area contributed by atoms with Gasteiger partial charge < -0.3 is 20.5 Å². The Hall–Kier alpha value is -1.43. The van der Waals surface area contributed by atoms with Crippen molar-refractivity contribution in [2.75, 3.05) is 19.8 Å². The van der Waals surface area contributed by atoms with Gasteiger partial charge >= 0.3 is 0 Å². The molecule has 104 valence electrons. The molecule has 0 radical (unpaired) electrons. The van der Waals surface area contributed by atoms with Gasteiger partial charge in [0.15, 0.2) is 6.10 Å². The van der Waals surface area contributed by atoms with Gasteiger partial charge in [-0.25, -0.2) is 0 Å². The van der Waals surface area contributed by atoms with Crippen molar-refractivity contribution in [2.45, 2.75) is 25.6 Å². The Morgan fingerprint density at radius 1 is 1.42 bits per heavy atom. The van der Waals surface area contributed by atoms with Crippen molar-refractivity contribution in [2.24, 2.45) is 5.73 Å². The standard InChI is InChI=1S/C14H20N2O3/c1-10(12-4-2-11(8-15)3-5-12)16-14(17)13-9-18-6-7-19-13/h2-5,10,13H,6-9,15H2,1H3,(H,16,17). The molecule has 1 saturated heterocycles. The number of rotatable bonds is 4. The maximum Gasteiger partial charge on any atom is 0.252 e. The van der Waals surface area contributed by atoms with Crippen molar-refractivity contribution < 1.29 is 14.3 Å². The number of benzene rings is 1. The molecule has 0 spiro atoms. The second-order valence-electron chi connectivity index (χ2n) is 4.61. The molecule has 1 aromatic rings. The first-order valence-corrected chi connectivity index (χ1v) is 6.49. The van der Waals surface area contributed by atoms with E-state index in [1.165, 1.54) is 0 Å². The van der Waals surface area contributed by atoms with Crippen molar-refractivity contribution in [3.05, 3.63) is 35.4 Å². The van der Waals surface area contributed by atoms with Crippen molar-refractivity contribution in [3.8, 4) is 0 Å². The van der Waals surface area contributed by atoms with Gasteiger partial charge in [0.25, 0.3) is 5.91 Å². The van der Waals surface area contributed by atoms with Gasteiger partial charge in [-0.15, -0.1) is 0 Å². The largest absolute Gasteiger partial charge is 0.376 e. The van der Waals surface area contributed by atoms with Crippen LogP contribution >= 0.6 is 0 Å². The molecule has 3 N–H and O–H groups in total. The van der Waals surface area contributed by atoms with Crippen LogP contribution in [0, 0.1) is 0 Å². The highest BCUT2D eigenvalue weighted by Gasteiger charge is 2.23. The maximum atomic E-state index is 12.0. The van der Waals surface area contributed by atoms with E-state index in [-0.39, 0.29) is 11.9 Å². The van der Waals surface area contributed by atoms with Crippen molar-refractivity contribution in [3.63, 3.8) is 0 Å². The summed E-state index contributed by atoms with van der Waals surface area (Å²) in [6.07, 6.45) is -0.500. The minimum absolute atomic E-state index is 0.0650. The molecule has 0 bridgehead atoms. The molecule has 1 aliphatic heterocycles. The molecule has 1 aromatic carbocycles. The molecule has 2 atom stereocenters. The number of ether oxygens (including phenoxy) is 2. The lowest BCUT2D eigenvalue weighted by Gasteiger charge is -2.24. The third-order valence-electron chi connectivity index (χ3n) is 3.18. The fourth-order valence-electron chi connectivity index (χ4n) is 1.97. The summed E-state index contributed by atoms with van der Waals surface area (Å²) in [5.74, 6) is -0.130. The number of hydrogen-bond acceptors (Lipinski definition) is 4. The Labute approximate surface area is 113 Å². The first kappa shape index (κ1) is 14.0. The smallest absolute Gasteiger partial charge is 0.252 e. The van der Waals surface area contributed by atoms with Crippen LogP contribution in [0.15, 0.2) is 24.3 Å². The van der Waals surface area contributed by atoms with E-state index in [1.54, 1.807) is 0 Å². The third kappa shape index (κ3) is 3.76. The predicted octanol–water partition coefficient (Wildman–Crippen LogP) is 0.738. The monoisotopic (exact) mass is 264 g/mol. The normalized spacial score (nSPS) is 20.8. The molecule has 5 nitrogen and oxygen atoms in total. The highest BCUT2D eigenvalue weighted by Crippen LogP contribution is 2.14. The fraction of sp³-hybridized carbons (Fsp3) is 0.500. The Morgan fingerprint density at radius 2 is 2.16 bits per heavy atom. The minimum Gasteiger partial charge on any atom is -0.376 e. The van der Waals surface area contributed by atoms with Crippen LogP contribution in [0.2, 0.25) is 0 Å². The summed E-state index contributed by atoms with van der Waals surface area (Å²) >= 11 is 0. The van der Waals surface area contributed by atoms with E-state index in [1.807, 2.05) is 31.2 Å². The van der Waals surface area contributed by atoms with Gasteiger partial charge in [0.05, 0.1) is 25.9 Å². The Morgan fingerprint density at radius 3 is 2.74 bits per heavy atom. The van der Waals surface area contributed by atoms with Crippen LogP contribution < -0.4 is 11.1 Å². The zero-order valence-corrected chi connectivity index (χ0v) is 11.1. The van der Waals surface area contributed by atoms with Crippen LogP contribution in [-0.2, 0) is 20.8 Å². The molecular formula is C14H20N2O3. The van der Waals surface area contributed by atoms with E-state index < -0.39 is 6.10 Å². The van der Waals surface area contributed by atoms with Gasteiger partial charge in [-0.3, -0.25) is 4.79 Å². The Kier molecular flexibility index (Phi) is 4.90. The quantitative estimate of drug-likeness (QED) is 0.841. The van der Waals surface area contributed by atoms with Gasteiger partial charge in [-0.1, -0.05) is 24.3 Å². The summed E-state index contributed by atoms with van der Waals surface area (Å²) < 4.78 is 10.6. The summed E-state index contributed by atoms with van der Waals surface area (Å²) in [6.45, 7) is 3.82. The Balaban J connectivity index is 1.91. The molecule has 0 aliphatic carbocycles. The van der Waals surface area contributed by atoms with Gasteiger partial charge in [0.1, 0.15) is 0 Å². The van der Waals surface area contributed by atoms with E-state index in [4.69, 9.17) is 15.2 Å². The number of amides is 1. The summed E-state index contributed by atoms with van der Waals surface area (Å²) in [4.78, 5) is 12.0. The lowest BCUT2D eigenvalue weighted by Crippen LogP contribution is -2.43. The highest BCUT2D eigenvalue weighted by molar-refractivity contribution is 5.81. The van der Waals surface area contributed by atoms with E-state index in [2.05, 4.69) is 5.32 Å². The van der Waals surface area contributed by atoms with Crippen LogP contribution in [0.4, 0.5) is 0 Å². The summed E-state index contributed by atoms with van der Waals surface area (Å²) in [5.41, 5.74) is 7.67. The van der Waals surface area contributed by atoms with Gasteiger partial charge in [0, 0.05) is 6.54 Å². The zero-order chi connectivity index (χ0) is 13.7. The highest BCUT2D eigenvalue weighted by atomic mass is 16.6. The number of carbonyl (C=O) groups excluding carboxylic acids is 1. The van der Waals surface area contributed by atoms with E-state index in [0.717, 1.165) is 11.1 Å². The second kappa shape index (κ2) is 6.65. The summed E-state index contributed by atoms with van der Waals surface area (Å²) in [6, 6.07) is 7.83. The van der Waals surface area contributed by atoms with Crippen LogP contribution in [0.5, 0.6) is 0 Å². The van der Waals surface area contributed by atoms with Crippen LogP contribution in [0.1, 0.15) is 24.1 Å². The first-order chi connectivity index (χ1) is 9.20. The number of nitrogens with one attached hydrogen (secondary N) is 1. The molecule has 2 rings (SSSR count). The topological polar surface area (TPSA) is 73.6 Å². The number of hydrogen-bond donors (Lipinski definition) is 2. The molecular weight excluding hydrogens is 244 g/mol. The van der Waals surface area contributed by atoms with Crippen LogP contribution in [0.25, 0.3) is 0 Å². The molecule has 2 unspecified atom stereocenters. The predicted molar refractivity (Wildman–Crippen MR) is 71.5 cm³/mol. The molecule has 1 heterocycles. The van der Waals surface area contributed by atoms with E-state index >= 15 is 0 Å². The molecule has 0 aromatic heterocycles. The van der Waals surface area contributed by atoms with Crippen molar-refractivity contribution in [1.82, 2.24) is 5.32 Å². The van der Waals surface area contributed by atoms with Gasteiger partial charge in [-0.05, 0) is 18.1 Å². The molecule has 0 saturated carbocycles. The van der Waals surface area contributed by atoms with E-state index in [0.29, 0.717) is 26.4 Å². The zero-order valence-electron chi connectivity index (χ0n) is 11.1. The SMILES string of the molecule is CC(NC(=O)C1COCCO1)c1ccc(CN)cc1. The molecule has 1 fully saturated rings. The summed E-state index contributed by atoms with van der Waals surface area (Å²) in [5, 5.41) is 2.93. The summed E-state index contributed by atoms with van der Waals surface area (Å²) in [7, 11) is 0. The third-order valence-corrected chi connectivity index (χ3v) is 3.18. The second-order valence-corrected chi connectivity index (χ2v) is 4.61. The average molecular weight is 264 g/mol. The van der Waals surface area contributed by atoms with Crippen molar-refractivity contribution >= 4 is 5.91 Å². The van der Waals surface area contributed by atoms with E-state index in [9.17, 15) is 4.79 Å². The van der Waals surface area contributed by atoms with Gasteiger partial charge in [0.2, 0.25) is 0 Å². The van der Waals surface area contributed by atoms with Crippen molar-refractivity contribution in [1.29, 1.82) is 0 Å². The fourth-order valence-corrected chi connectivity index (χ4v) is 1.97. The molecule has 5 heteroatoms. The Bertz CT molecular complexity index is 413. The van der Waals surface area contributed by atoms with Crippen LogP contribution in [0.3, 0.4) is 0 Å². The first-order valence-electron chi connectivity index (χ1n) is 6.49. The average Bonchev–Trinajstić information content (AvgIpc) is 2.48. The molecule has 1 aliphatic rings. The lowest BCUT2D eigenvalue weighted by molar-refractivity contribution is -0.148.